The number of fused-ring (bicyclic) bond motifs is 1. The fourth-order valence-corrected chi connectivity index (χ4v) is 2.20. The Bertz CT molecular complexity index is 845. The maximum absolute atomic E-state index is 11.7. The highest BCUT2D eigenvalue weighted by molar-refractivity contribution is 7.80. The van der Waals surface area contributed by atoms with Crippen LogP contribution in [0.5, 0.6) is 0 Å². The molecule has 0 saturated carbocycles. The minimum atomic E-state index is -0.175. The van der Waals surface area contributed by atoms with Gasteiger partial charge in [-0.05, 0) is 42.5 Å². The van der Waals surface area contributed by atoms with Crippen LogP contribution < -0.4 is 16.2 Å². The quantitative estimate of drug-likeness (QED) is 0.634. The lowest BCUT2D eigenvalue weighted by atomic mass is 10.2. The first kappa shape index (κ1) is 13.3. The number of benzene rings is 2. The molecule has 0 radical (unpaired) electrons. The maximum Gasteiger partial charge on any atom is 0.258 e. The van der Waals surface area contributed by atoms with Gasteiger partial charge in [-0.1, -0.05) is 18.2 Å². The highest BCUT2D eigenvalue weighted by Gasteiger charge is 2.03. The number of hydrogen-bond acceptors (Lipinski definition) is 3. The van der Waals surface area contributed by atoms with Crippen LogP contribution in [0.15, 0.2) is 59.7 Å². The van der Waals surface area contributed by atoms with Crippen molar-refractivity contribution in [3.8, 4) is 0 Å². The fourth-order valence-electron chi connectivity index (χ4n) is 1.96. The molecule has 0 fully saturated rings. The number of aromatic amines is 1. The monoisotopic (exact) mass is 296 g/mol. The molecule has 3 rings (SSSR count). The molecule has 0 amide bonds. The molecule has 3 aromatic rings. The lowest BCUT2D eigenvalue weighted by molar-refractivity contribution is 1.17. The van der Waals surface area contributed by atoms with Crippen molar-refractivity contribution in [1.82, 2.24) is 9.97 Å². The van der Waals surface area contributed by atoms with Crippen LogP contribution in [0.4, 0.5) is 11.4 Å². The Morgan fingerprint density at radius 1 is 1.05 bits per heavy atom. The van der Waals surface area contributed by atoms with E-state index in [1.165, 1.54) is 6.33 Å². The third-order valence-corrected chi connectivity index (χ3v) is 3.13. The van der Waals surface area contributed by atoms with Crippen molar-refractivity contribution in [3.63, 3.8) is 0 Å². The molecular formula is C15H12N4OS. The van der Waals surface area contributed by atoms with Crippen LogP contribution in [0.3, 0.4) is 0 Å². The van der Waals surface area contributed by atoms with Crippen molar-refractivity contribution >= 4 is 39.6 Å². The summed E-state index contributed by atoms with van der Waals surface area (Å²) in [5.41, 5.74) is 2.10. The molecule has 0 bridgehead atoms. The van der Waals surface area contributed by atoms with Gasteiger partial charge in [0.05, 0.1) is 17.2 Å². The van der Waals surface area contributed by atoms with E-state index in [0.717, 1.165) is 11.4 Å². The van der Waals surface area contributed by atoms with Crippen LogP contribution >= 0.6 is 12.2 Å². The molecule has 2 aromatic carbocycles. The topological polar surface area (TPSA) is 69.8 Å². The van der Waals surface area contributed by atoms with Gasteiger partial charge in [0.2, 0.25) is 0 Å². The predicted molar refractivity (Wildman–Crippen MR) is 88.6 cm³/mol. The van der Waals surface area contributed by atoms with Gasteiger partial charge < -0.3 is 15.6 Å². The molecule has 0 saturated heterocycles. The minimum Gasteiger partial charge on any atom is -0.332 e. The molecule has 1 aromatic heterocycles. The molecule has 21 heavy (non-hydrogen) atoms. The zero-order valence-electron chi connectivity index (χ0n) is 11.0. The molecule has 5 nitrogen and oxygen atoms in total. The number of thiocarbonyl (C=S) groups is 1. The zero-order valence-corrected chi connectivity index (χ0v) is 11.8. The third kappa shape index (κ3) is 3.06. The maximum atomic E-state index is 11.7. The number of anilines is 2. The van der Waals surface area contributed by atoms with E-state index in [4.69, 9.17) is 12.2 Å². The molecule has 0 spiro atoms. The second kappa shape index (κ2) is 5.72. The molecule has 0 aliphatic carbocycles. The Balaban J connectivity index is 1.80. The average molecular weight is 296 g/mol. The van der Waals surface area contributed by atoms with E-state index in [2.05, 4.69) is 20.6 Å². The van der Waals surface area contributed by atoms with Crippen molar-refractivity contribution in [2.24, 2.45) is 0 Å². The van der Waals surface area contributed by atoms with E-state index in [1.54, 1.807) is 12.1 Å². The van der Waals surface area contributed by atoms with Crippen LogP contribution in [-0.4, -0.2) is 15.1 Å². The molecule has 1 heterocycles. The summed E-state index contributed by atoms with van der Waals surface area (Å²) >= 11 is 5.25. The lowest BCUT2D eigenvalue weighted by Gasteiger charge is -2.10. The van der Waals surface area contributed by atoms with Crippen molar-refractivity contribution in [2.75, 3.05) is 10.6 Å². The highest BCUT2D eigenvalue weighted by Crippen LogP contribution is 2.14. The molecule has 0 atom stereocenters. The van der Waals surface area contributed by atoms with Gasteiger partial charge in [0.1, 0.15) is 0 Å². The van der Waals surface area contributed by atoms with Gasteiger partial charge in [0.25, 0.3) is 5.56 Å². The molecule has 3 N–H and O–H groups in total. The van der Waals surface area contributed by atoms with Crippen molar-refractivity contribution in [2.45, 2.75) is 0 Å². The Kier molecular flexibility index (Phi) is 3.61. The SMILES string of the molecule is O=c1[nH]cnc2ccc(NC(=S)Nc3ccccc3)cc12. The number of rotatable bonds is 2. The summed E-state index contributed by atoms with van der Waals surface area (Å²) in [6, 6.07) is 14.9. The Morgan fingerprint density at radius 2 is 1.81 bits per heavy atom. The van der Waals surface area contributed by atoms with Crippen LogP contribution in [-0.2, 0) is 0 Å². The van der Waals surface area contributed by atoms with Crippen molar-refractivity contribution in [3.05, 3.63) is 65.2 Å². The van der Waals surface area contributed by atoms with Gasteiger partial charge in [0.15, 0.2) is 5.11 Å². The summed E-state index contributed by atoms with van der Waals surface area (Å²) < 4.78 is 0. The summed E-state index contributed by atoms with van der Waals surface area (Å²) in [4.78, 5) is 18.4. The van der Waals surface area contributed by atoms with E-state index in [9.17, 15) is 4.79 Å². The smallest absolute Gasteiger partial charge is 0.258 e. The Hall–Kier alpha value is -2.73. The number of hydrogen-bond donors (Lipinski definition) is 3. The Morgan fingerprint density at radius 3 is 2.62 bits per heavy atom. The summed E-state index contributed by atoms with van der Waals surface area (Å²) in [5, 5.41) is 7.10. The van der Waals surface area contributed by atoms with Gasteiger partial charge in [-0.3, -0.25) is 4.79 Å². The normalized spacial score (nSPS) is 10.3. The number of aromatic nitrogens is 2. The highest BCUT2D eigenvalue weighted by atomic mass is 32.1. The van der Waals surface area contributed by atoms with E-state index in [-0.39, 0.29) is 5.56 Å². The lowest BCUT2D eigenvalue weighted by Crippen LogP contribution is -2.19. The summed E-state index contributed by atoms with van der Waals surface area (Å²) in [7, 11) is 0. The fraction of sp³-hybridized carbons (Fsp3) is 0. The first-order chi connectivity index (χ1) is 10.2. The first-order valence-corrected chi connectivity index (χ1v) is 6.74. The van der Waals surface area contributed by atoms with Crippen molar-refractivity contribution < 1.29 is 0 Å². The average Bonchev–Trinajstić information content (AvgIpc) is 2.49. The number of para-hydroxylation sites is 1. The minimum absolute atomic E-state index is 0.175. The molecular weight excluding hydrogens is 284 g/mol. The van der Waals surface area contributed by atoms with Crippen LogP contribution in [0.25, 0.3) is 10.9 Å². The van der Waals surface area contributed by atoms with Crippen LogP contribution in [0.1, 0.15) is 0 Å². The van der Waals surface area contributed by atoms with E-state index in [1.807, 2.05) is 36.4 Å². The molecule has 0 aliphatic rings. The second-order valence-electron chi connectivity index (χ2n) is 4.41. The zero-order chi connectivity index (χ0) is 14.7. The third-order valence-electron chi connectivity index (χ3n) is 2.93. The summed E-state index contributed by atoms with van der Waals surface area (Å²) in [5.74, 6) is 0. The molecule has 104 valence electrons. The summed E-state index contributed by atoms with van der Waals surface area (Å²) in [6.07, 6.45) is 1.39. The Labute approximate surface area is 126 Å². The van der Waals surface area contributed by atoms with E-state index < -0.39 is 0 Å². The number of H-pyrrole nitrogens is 1. The molecule has 6 heteroatoms. The van der Waals surface area contributed by atoms with Crippen LogP contribution in [0, 0.1) is 0 Å². The first-order valence-electron chi connectivity index (χ1n) is 6.33. The number of nitrogens with zero attached hydrogens (tertiary/aromatic N) is 1. The molecule has 0 unspecified atom stereocenters. The van der Waals surface area contributed by atoms with Crippen molar-refractivity contribution in [1.29, 1.82) is 0 Å². The predicted octanol–water partition coefficient (Wildman–Crippen LogP) is 2.73. The van der Waals surface area contributed by atoms with Gasteiger partial charge >= 0.3 is 0 Å². The van der Waals surface area contributed by atoms with Crippen LogP contribution in [0.2, 0.25) is 0 Å². The standard InChI is InChI=1S/C15H12N4OS/c20-14-12-8-11(6-7-13(12)16-9-17-14)19-15(21)18-10-4-2-1-3-5-10/h1-9H,(H,16,17,20)(H2,18,19,21). The van der Waals surface area contributed by atoms with E-state index in [0.29, 0.717) is 16.0 Å². The van der Waals surface area contributed by atoms with Gasteiger partial charge in [-0.15, -0.1) is 0 Å². The molecule has 0 aliphatic heterocycles. The second-order valence-corrected chi connectivity index (χ2v) is 4.82. The summed E-state index contributed by atoms with van der Waals surface area (Å²) in [6.45, 7) is 0. The van der Waals surface area contributed by atoms with Gasteiger partial charge in [0, 0.05) is 11.4 Å². The van der Waals surface area contributed by atoms with E-state index >= 15 is 0 Å². The number of nitrogens with one attached hydrogen (secondary N) is 3. The largest absolute Gasteiger partial charge is 0.332 e. The van der Waals surface area contributed by atoms with Gasteiger partial charge in [-0.2, -0.15) is 0 Å². The van der Waals surface area contributed by atoms with Gasteiger partial charge in [-0.25, -0.2) is 4.98 Å².